The Bertz CT molecular complexity index is 912. The van der Waals surface area contributed by atoms with E-state index in [0.717, 1.165) is 30.6 Å². The molecule has 1 amide bonds. The van der Waals surface area contributed by atoms with Crippen molar-refractivity contribution in [2.75, 3.05) is 11.9 Å². The van der Waals surface area contributed by atoms with Crippen molar-refractivity contribution in [2.24, 2.45) is 0 Å². The number of carbonyl (C=O) groups excluding carboxylic acids is 1. The normalized spacial score (nSPS) is 17.1. The van der Waals surface area contributed by atoms with Crippen LogP contribution in [0.3, 0.4) is 0 Å². The molecule has 1 aliphatic heterocycles. The van der Waals surface area contributed by atoms with Crippen molar-refractivity contribution < 1.29 is 9.18 Å². The Morgan fingerprint density at radius 3 is 2.85 bits per heavy atom. The molecule has 0 aliphatic carbocycles. The molecule has 0 unspecified atom stereocenters. The largest absolute Gasteiger partial charge is 0.325 e. The molecule has 2 heterocycles. The standard InChI is InChI=1S/C19H19FN6O/c20-15-8-6-14(7-9-15)12-25-10-2-5-18(25)19(27)22-16-3-1-4-17(11-16)26-13-21-23-24-26/h1,3-4,6-9,11,13,18H,2,5,10,12H2,(H,22,27)/t18-/m1/s1. The van der Waals surface area contributed by atoms with Crippen LogP contribution >= 0.6 is 0 Å². The summed E-state index contributed by atoms with van der Waals surface area (Å²) in [6.07, 6.45) is 3.27. The maximum Gasteiger partial charge on any atom is 0.241 e. The molecule has 0 spiro atoms. The summed E-state index contributed by atoms with van der Waals surface area (Å²) in [5.74, 6) is -0.291. The molecule has 7 nitrogen and oxygen atoms in total. The minimum absolute atomic E-state index is 0.0384. The summed E-state index contributed by atoms with van der Waals surface area (Å²) >= 11 is 0. The molecule has 1 saturated heterocycles. The SMILES string of the molecule is O=C(Nc1cccc(-n2cnnn2)c1)[C@H]1CCCN1Cc1ccc(F)cc1. The smallest absolute Gasteiger partial charge is 0.241 e. The molecular weight excluding hydrogens is 347 g/mol. The lowest BCUT2D eigenvalue weighted by molar-refractivity contribution is -0.120. The van der Waals surface area contributed by atoms with E-state index < -0.39 is 0 Å². The number of halogens is 1. The van der Waals surface area contributed by atoms with Crippen molar-refractivity contribution >= 4 is 11.6 Å². The highest BCUT2D eigenvalue weighted by atomic mass is 19.1. The minimum Gasteiger partial charge on any atom is -0.325 e. The number of benzene rings is 2. The summed E-state index contributed by atoms with van der Waals surface area (Å²) in [7, 11) is 0. The van der Waals surface area contributed by atoms with Gasteiger partial charge in [0.2, 0.25) is 5.91 Å². The summed E-state index contributed by atoms with van der Waals surface area (Å²) in [4.78, 5) is 14.9. The molecule has 1 N–H and O–H groups in total. The van der Waals surface area contributed by atoms with E-state index in [1.54, 1.807) is 12.1 Å². The maximum absolute atomic E-state index is 13.1. The number of nitrogens with zero attached hydrogens (tertiary/aromatic N) is 5. The van der Waals surface area contributed by atoms with E-state index in [1.807, 2.05) is 24.3 Å². The lowest BCUT2D eigenvalue weighted by Crippen LogP contribution is -2.39. The van der Waals surface area contributed by atoms with Gasteiger partial charge in [0.05, 0.1) is 11.7 Å². The fourth-order valence-corrected chi connectivity index (χ4v) is 3.37. The highest BCUT2D eigenvalue weighted by molar-refractivity contribution is 5.95. The van der Waals surface area contributed by atoms with Crippen molar-refractivity contribution in [3.8, 4) is 5.69 Å². The third-order valence-electron chi connectivity index (χ3n) is 4.69. The Hall–Kier alpha value is -3.13. The predicted molar refractivity (Wildman–Crippen MR) is 97.6 cm³/mol. The van der Waals surface area contributed by atoms with Gasteiger partial charge in [-0.25, -0.2) is 9.07 Å². The van der Waals surface area contributed by atoms with E-state index in [9.17, 15) is 9.18 Å². The topological polar surface area (TPSA) is 75.9 Å². The van der Waals surface area contributed by atoms with E-state index in [-0.39, 0.29) is 17.8 Å². The number of amides is 1. The van der Waals surface area contributed by atoms with Gasteiger partial charge in [0.25, 0.3) is 0 Å². The van der Waals surface area contributed by atoms with Crippen molar-refractivity contribution in [1.29, 1.82) is 0 Å². The molecule has 4 rings (SSSR count). The average molecular weight is 366 g/mol. The molecule has 1 atom stereocenters. The minimum atomic E-state index is -0.253. The van der Waals surface area contributed by atoms with Crippen LogP contribution in [0.1, 0.15) is 18.4 Å². The molecule has 1 aliphatic rings. The summed E-state index contributed by atoms with van der Waals surface area (Å²) in [5, 5.41) is 14.1. The monoisotopic (exact) mass is 366 g/mol. The Labute approximate surface area is 155 Å². The van der Waals surface area contributed by atoms with Crippen LogP contribution in [0.2, 0.25) is 0 Å². The van der Waals surface area contributed by atoms with Gasteiger partial charge >= 0.3 is 0 Å². The number of rotatable bonds is 5. The quantitative estimate of drug-likeness (QED) is 0.750. The van der Waals surface area contributed by atoms with Gasteiger partial charge in [0.15, 0.2) is 0 Å². The van der Waals surface area contributed by atoms with Crippen molar-refractivity contribution in [1.82, 2.24) is 25.1 Å². The highest BCUT2D eigenvalue weighted by Crippen LogP contribution is 2.22. The van der Waals surface area contributed by atoms with Crippen LogP contribution in [0.25, 0.3) is 5.69 Å². The second kappa shape index (κ2) is 7.63. The Kier molecular flexibility index (Phi) is 4.88. The van der Waals surface area contributed by atoms with Crippen LogP contribution in [0, 0.1) is 5.82 Å². The lowest BCUT2D eigenvalue weighted by Gasteiger charge is -2.23. The van der Waals surface area contributed by atoms with E-state index in [0.29, 0.717) is 12.2 Å². The highest BCUT2D eigenvalue weighted by Gasteiger charge is 2.30. The number of tetrazole rings is 1. The van der Waals surface area contributed by atoms with E-state index in [1.165, 1.54) is 23.1 Å². The molecular formula is C19H19FN6O. The van der Waals surface area contributed by atoms with Gasteiger partial charge in [-0.2, -0.15) is 0 Å². The third-order valence-corrected chi connectivity index (χ3v) is 4.69. The number of aromatic nitrogens is 4. The number of likely N-dealkylation sites (tertiary alicyclic amines) is 1. The van der Waals surface area contributed by atoms with Crippen LogP contribution in [0.5, 0.6) is 0 Å². The maximum atomic E-state index is 13.1. The number of nitrogens with one attached hydrogen (secondary N) is 1. The van der Waals surface area contributed by atoms with Crippen molar-refractivity contribution in [2.45, 2.75) is 25.4 Å². The van der Waals surface area contributed by atoms with Gasteiger partial charge in [-0.1, -0.05) is 18.2 Å². The second-order valence-electron chi connectivity index (χ2n) is 6.55. The number of hydrogen-bond acceptors (Lipinski definition) is 5. The third kappa shape index (κ3) is 4.01. The Balaban J connectivity index is 1.44. The summed E-state index contributed by atoms with van der Waals surface area (Å²) in [6, 6.07) is 13.6. The molecule has 1 fully saturated rings. The number of anilines is 1. The first-order valence-corrected chi connectivity index (χ1v) is 8.82. The molecule has 0 radical (unpaired) electrons. The van der Waals surface area contributed by atoms with Crippen molar-refractivity contribution in [3.63, 3.8) is 0 Å². The molecule has 0 saturated carbocycles. The molecule has 27 heavy (non-hydrogen) atoms. The number of carbonyl (C=O) groups is 1. The molecule has 0 bridgehead atoms. The summed E-state index contributed by atoms with van der Waals surface area (Å²) in [6.45, 7) is 1.48. The van der Waals surface area contributed by atoms with Crippen molar-refractivity contribution in [3.05, 3.63) is 66.2 Å². The average Bonchev–Trinajstić information content (AvgIpc) is 3.36. The van der Waals surface area contributed by atoms with Crippen LogP contribution < -0.4 is 5.32 Å². The number of hydrogen-bond donors (Lipinski definition) is 1. The molecule has 1 aromatic heterocycles. The zero-order valence-corrected chi connectivity index (χ0v) is 14.6. The fraction of sp³-hybridized carbons (Fsp3) is 0.263. The summed E-state index contributed by atoms with van der Waals surface area (Å²) < 4.78 is 14.6. The van der Waals surface area contributed by atoms with Gasteiger partial charge in [0.1, 0.15) is 12.1 Å². The van der Waals surface area contributed by atoms with Crippen LogP contribution in [-0.4, -0.2) is 43.6 Å². The molecule has 8 heteroatoms. The van der Waals surface area contributed by atoms with Crippen LogP contribution in [0.4, 0.5) is 10.1 Å². The van der Waals surface area contributed by atoms with E-state index in [2.05, 4.69) is 25.7 Å². The van der Waals surface area contributed by atoms with Gasteiger partial charge in [-0.15, -0.1) is 5.10 Å². The van der Waals surface area contributed by atoms with E-state index in [4.69, 9.17) is 0 Å². The fourth-order valence-electron chi connectivity index (χ4n) is 3.37. The van der Waals surface area contributed by atoms with Gasteiger partial charge in [-0.3, -0.25) is 9.69 Å². The van der Waals surface area contributed by atoms with Crippen LogP contribution in [-0.2, 0) is 11.3 Å². The summed E-state index contributed by atoms with van der Waals surface area (Å²) in [5.41, 5.74) is 2.46. The van der Waals surface area contributed by atoms with Crippen LogP contribution in [0.15, 0.2) is 54.9 Å². The van der Waals surface area contributed by atoms with Gasteiger partial charge in [0, 0.05) is 12.2 Å². The first-order chi connectivity index (χ1) is 13.2. The Morgan fingerprint density at radius 2 is 2.07 bits per heavy atom. The predicted octanol–water partition coefficient (Wildman–Crippen LogP) is 2.40. The Morgan fingerprint density at radius 1 is 1.22 bits per heavy atom. The first kappa shape index (κ1) is 17.3. The van der Waals surface area contributed by atoms with Gasteiger partial charge < -0.3 is 5.32 Å². The zero-order valence-electron chi connectivity index (χ0n) is 14.6. The second-order valence-corrected chi connectivity index (χ2v) is 6.55. The molecule has 3 aromatic rings. The molecule has 2 aromatic carbocycles. The lowest BCUT2D eigenvalue weighted by atomic mass is 10.1. The first-order valence-electron chi connectivity index (χ1n) is 8.82. The van der Waals surface area contributed by atoms with E-state index >= 15 is 0 Å². The molecule has 138 valence electrons. The van der Waals surface area contributed by atoms with Gasteiger partial charge in [-0.05, 0) is 65.7 Å². The zero-order chi connectivity index (χ0) is 18.6.